The first-order chi connectivity index (χ1) is 11.9. The molecule has 9 heteroatoms. The fourth-order valence-corrected chi connectivity index (χ4v) is 4.89. The molecular formula is C16H21N3O5S. The van der Waals surface area contributed by atoms with Crippen LogP contribution in [-0.2, 0) is 14.8 Å². The molecule has 2 fully saturated rings. The van der Waals surface area contributed by atoms with Crippen molar-refractivity contribution < 1.29 is 18.1 Å². The second-order valence-electron chi connectivity index (χ2n) is 6.46. The Kier molecular flexibility index (Phi) is 5.05. The van der Waals surface area contributed by atoms with Crippen LogP contribution < -0.4 is 0 Å². The van der Waals surface area contributed by atoms with Crippen molar-refractivity contribution in [1.29, 1.82) is 0 Å². The smallest absolute Gasteiger partial charge is 0.269 e. The van der Waals surface area contributed by atoms with E-state index in [1.165, 1.54) is 28.6 Å². The number of sulfonamides is 1. The van der Waals surface area contributed by atoms with Crippen molar-refractivity contribution in [2.45, 2.75) is 30.6 Å². The summed E-state index contributed by atoms with van der Waals surface area (Å²) in [5, 5.41) is 10.7. The van der Waals surface area contributed by atoms with Gasteiger partial charge in [0.2, 0.25) is 15.9 Å². The van der Waals surface area contributed by atoms with E-state index in [-0.39, 0.29) is 35.5 Å². The van der Waals surface area contributed by atoms with Crippen LogP contribution in [0.2, 0.25) is 0 Å². The van der Waals surface area contributed by atoms with Gasteiger partial charge in [-0.05, 0) is 25.0 Å². The predicted octanol–water partition coefficient (Wildman–Crippen LogP) is 1.62. The molecule has 136 valence electrons. The summed E-state index contributed by atoms with van der Waals surface area (Å²) in [6.07, 6.45) is 4.04. The molecule has 0 spiro atoms. The number of carbonyl (C=O) groups excluding carboxylic acids is 1. The highest BCUT2D eigenvalue weighted by Gasteiger charge is 2.33. The fourth-order valence-electron chi connectivity index (χ4n) is 3.47. The molecule has 1 saturated heterocycles. The first kappa shape index (κ1) is 17.8. The first-order valence-electron chi connectivity index (χ1n) is 8.43. The van der Waals surface area contributed by atoms with Gasteiger partial charge in [0.25, 0.3) is 5.69 Å². The Labute approximate surface area is 146 Å². The van der Waals surface area contributed by atoms with Gasteiger partial charge in [0, 0.05) is 44.2 Å². The molecule has 1 saturated carbocycles. The first-order valence-corrected chi connectivity index (χ1v) is 9.87. The van der Waals surface area contributed by atoms with Crippen LogP contribution in [0.5, 0.6) is 0 Å². The standard InChI is InChI=1S/C16H21N3O5S/c20-16(13-3-1-2-4-13)17-9-11-18(12-10-17)25(23,24)15-7-5-14(6-8-15)19(21)22/h5-8,13H,1-4,9-12H2. The van der Waals surface area contributed by atoms with E-state index in [9.17, 15) is 23.3 Å². The van der Waals surface area contributed by atoms with Gasteiger partial charge in [0.05, 0.1) is 9.82 Å². The van der Waals surface area contributed by atoms with Crippen molar-refractivity contribution in [3.63, 3.8) is 0 Å². The lowest BCUT2D eigenvalue weighted by Gasteiger charge is -2.35. The van der Waals surface area contributed by atoms with Crippen LogP contribution in [0, 0.1) is 16.0 Å². The molecule has 0 radical (unpaired) electrons. The topological polar surface area (TPSA) is 101 Å². The molecule has 0 unspecified atom stereocenters. The summed E-state index contributed by atoms with van der Waals surface area (Å²) in [6.45, 7) is 1.28. The zero-order valence-electron chi connectivity index (χ0n) is 13.8. The number of benzene rings is 1. The largest absolute Gasteiger partial charge is 0.340 e. The quantitative estimate of drug-likeness (QED) is 0.594. The van der Waals surface area contributed by atoms with Gasteiger partial charge in [0.1, 0.15) is 0 Å². The minimum absolute atomic E-state index is 0.0358. The third-order valence-electron chi connectivity index (χ3n) is 4.94. The lowest BCUT2D eigenvalue weighted by Crippen LogP contribution is -2.51. The SMILES string of the molecule is O=C(C1CCCC1)N1CCN(S(=O)(=O)c2ccc([N+](=O)[O-])cc2)CC1. The molecular weight excluding hydrogens is 346 g/mol. The average molecular weight is 367 g/mol. The van der Waals surface area contributed by atoms with Gasteiger partial charge in [-0.15, -0.1) is 0 Å². The van der Waals surface area contributed by atoms with Crippen molar-refractivity contribution in [3.05, 3.63) is 34.4 Å². The molecule has 0 N–H and O–H groups in total. The molecule has 8 nitrogen and oxygen atoms in total. The van der Waals surface area contributed by atoms with Crippen molar-refractivity contribution >= 4 is 21.6 Å². The molecule has 1 aromatic carbocycles. The summed E-state index contributed by atoms with van der Waals surface area (Å²) in [5.74, 6) is 0.239. The number of hydrogen-bond donors (Lipinski definition) is 0. The summed E-state index contributed by atoms with van der Waals surface area (Å²) in [7, 11) is -3.70. The maximum atomic E-state index is 12.7. The van der Waals surface area contributed by atoms with Gasteiger partial charge >= 0.3 is 0 Å². The van der Waals surface area contributed by atoms with Gasteiger partial charge < -0.3 is 4.90 Å². The molecule has 1 aliphatic carbocycles. The van der Waals surface area contributed by atoms with Crippen molar-refractivity contribution in [2.24, 2.45) is 5.92 Å². The number of nitro benzene ring substituents is 1. The number of nitrogens with zero attached hydrogens (tertiary/aromatic N) is 3. The van der Waals surface area contributed by atoms with Gasteiger partial charge in [-0.2, -0.15) is 4.31 Å². The van der Waals surface area contributed by atoms with E-state index < -0.39 is 14.9 Å². The molecule has 2 aliphatic rings. The molecule has 0 bridgehead atoms. The molecule has 25 heavy (non-hydrogen) atoms. The van der Waals surface area contributed by atoms with Crippen LogP contribution in [0.15, 0.2) is 29.2 Å². The Balaban J connectivity index is 1.64. The van der Waals surface area contributed by atoms with Crippen molar-refractivity contribution in [1.82, 2.24) is 9.21 Å². The van der Waals surface area contributed by atoms with E-state index in [0.717, 1.165) is 25.7 Å². The zero-order chi connectivity index (χ0) is 18.0. The van der Waals surface area contributed by atoms with Crippen LogP contribution in [-0.4, -0.2) is 54.6 Å². The number of hydrogen-bond acceptors (Lipinski definition) is 5. The average Bonchev–Trinajstić information content (AvgIpc) is 3.16. The normalized spacial score (nSPS) is 19.9. The van der Waals surface area contributed by atoms with Gasteiger partial charge in [-0.25, -0.2) is 8.42 Å². The number of rotatable bonds is 4. The van der Waals surface area contributed by atoms with Crippen molar-refractivity contribution in [3.8, 4) is 0 Å². The number of non-ortho nitro benzene ring substituents is 1. The van der Waals surface area contributed by atoms with Gasteiger partial charge in [0.15, 0.2) is 0 Å². The molecule has 1 aromatic rings. The van der Waals surface area contributed by atoms with Gasteiger partial charge in [-0.1, -0.05) is 12.8 Å². The Hall–Kier alpha value is -2.00. The summed E-state index contributed by atoms with van der Waals surface area (Å²) in [5.41, 5.74) is -0.147. The predicted molar refractivity (Wildman–Crippen MR) is 90.4 cm³/mol. The maximum absolute atomic E-state index is 12.7. The van der Waals surface area contributed by atoms with Gasteiger partial charge in [-0.3, -0.25) is 14.9 Å². The van der Waals surface area contributed by atoms with E-state index in [4.69, 9.17) is 0 Å². The lowest BCUT2D eigenvalue weighted by atomic mass is 10.1. The number of nitro groups is 1. The molecule has 0 atom stereocenters. The second-order valence-corrected chi connectivity index (χ2v) is 8.40. The lowest BCUT2D eigenvalue weighted by molar-refractivity contribution is -0.384. The molecule has 3 rings (SSSR count). The highest BCUT2D eigenvalue weighted by molar-refractivity contribution is 7.89. The Morgan fingerprint density at radius 3 is 2.12 bits per heavy atom. The van der Waals surface area contributed by atoms with Crippen LogP contribution >= 0.6 is 0 Å². The summed E-state index contributed by atoms with van der Waals surface area (Å²) >= 11 is 0. The molecule has 1 aliphatic heterocycles. The third kappa shape index (κ3) is 3.67. The minimum atomic E-state index is -3.70. The number of carbonyl (C=O) groups is 1. The monoisotopic (exact) mass is 367 g/mol. The fraction of sp³-hybridized carbons (Fsp3) is 0.562. The second kappa shape index (κ2) is 7.09. The number of amides is 1. The summed E-state index contributed by atoms with van der Waals surface area (Å²) in [6, 6.07) is 4.88. The van der Waals surface area contributed by atoms with E-state index in [0.29, 0.717) is 13.1 Å². The summed E-state index contributed by atoms with van der Waals surface area (Å²) in [4.78, 5) is 24.3. The number of piperazine rings is 1. The highest BCUT2D eigenvalue weighted by atomic mass is 32.2. The molecule has 0 aromatic heterocycles. The van der Waals surface area contributed by atoms with Crippen molar-refractivity contribution in [2.75, 3.05) is 26.2 Å². The summed E-state index contributed by atoms with van der Waals surface area (Å²) < 4.78 is 26.6. The zero-order valence-corrected chi connectivity index (χ0v) is 14.7. The third-order valence-corrected chi connectivity index (χ3v) is 6.85. The Bertz CT molecular complexity index is 748. The minimum Gasteiger partial charge on any atom is -0.340 e. The van der Waals surface area contributed by atoms with Crippen LogP contribution in [0.3, 0.4) is 0 Å². The van der Waals surface area contributed by atoms with E-state index in [1.54, 1.807) is 4.90 Å². The van der Waals surface area contributed by atoms with Crippen LogP contribution in [0.1, 0.15) is 25.7 Å². The van der Waals surface area contributed by atoms with E-state index in [2.05, 4.69) is 0 Å². The molecule has 1 amide bonds. The van der Waals surface area contributed by atoms with Crippen LogP contribution in [0.25, 0.3) is 0 Å². The Morgan fingerprint density at radius 2 is 1.60 bits per heavy atom. The highest BCUT2D eigenvalue weighted by Crippen LogP contribution is 2.27. The van der Waals surface area contributed by atoms with E-state index in [1.807, 2.05) is 0 Å². The van der Waals surface area contributed by atoms with Crippen LogP contribution in [0.4, 0.5) is 5.69 Å². The maximum Gasteiger partial charge on any atom is 0.269 e. The molecule has 1 heterocycles. The van der Waals surface area contributed by atoms with E-state index >= 15 is 0 Å². The Morgan fingerprint density at radius 1 is 1.04 bits per heavy atom.